The predicted molar refractivity (Wildman–Crippen MR) is 116 cm³/mol. The van der Waals surface area contributed by atoms with Gasteiger partial charge in [-0.25, -0.2) is 4.39 Å². The zero-order valence-electron chi connectivity index (χ0n) is 17.9. The summed E-state index contributed by atoms with van der Waals surface area (Å²) < 4.78 is 22.5. The van der Waals surface area contributed by atoms with Gasteiger partial charge >= 0.3 is 0 Å². The number of nitrogens with zero attached hydrogens (tertiary/aromatic N) is 7. The molecular weight excluding hydrogens is 451 g/mol. The second-order valence-corrected chi connectivity index (χ2v) is 7.85. The number of hydrogen-bond acceptors (Lipinski definition) is 7. The van der Waals surface area contributed by atoms with Crippen molar-refractivity contribution in [1.82, 2.24) is 35.0 Å². The number of aromatic nitrogens is 6. The van der Waals surface area contributed by atoms with Crippen LogP contribution in [0.4, 0.5) is 4.39 Å². The van der Waals surface area contributed by atoms with Gasteiger partial charge in [-0.15, -0.1) is 0 Å². The first-order valence-electron chi connectivity index (χ1n) is 9.83. The van der Waals surface area contributed by atoms with Crippen LogP contribution in [-0.2, 0) is 13.6 Å². The van der Waals surface area contributed by atoms with Gasteiger partial charge in [-0.05, 0) is 38.1 Å². The van der Waals surface area contributed by atoms with Crippen molar-refractivity contribution >= 4 is 17.5 Å². The molecule has 0 spiro atoms. The van der Waals surface area contributed by atoms with Gasteiger partial charge < -0.3 is 9.84 Å². The number of carbonyl (C=O) groups is 1. The molecule has 1 aromatic carbocycles. The first-order valence-corrected chi connectivity index (χ1v) is 10.2. The Labute approximate surface area is 192 Å². The third kappa shape index (κ3) is 4.61. The van der Waals surface area contributed by atoms with Gasteiger partial charge in [0.2, 0.25) is 0 Å². The molecule has 3 heterocycles. The molecule has 10 nitrogen and oxygen atoms in total. The van der Waals surface area contributed by atoms with E-state index in [1.165, 1.54) is 12.1 Å². The summed E-state index contributed by atoms with van der Waals surface area (Å²) in [7, 11) is 1.79. The molecular formula is C21H18ClFN8O2. The molecule has 1 atom stereocenters. The van der Waals surface area contributed by atoms with Crippen molar-refractivity contribution in [3.8, 4) is 28.9 Å². The van der Waals surface area contributed by atoms with Crippen molar-refractivity contribution in [2.75, 3.05) is 0 Å². The van der Waals surface area contributed by atoms with E-state index in [9.17, 15) is 9.18 Å². The fourth-order valence-electron chi connectivity index (χ4n) is 3.14. The summed E-state index contributed by atoms with van der Waals surface area (Å²) in [5.41, 5.74) is 2.10. The zero-order valence-corrected chi connectivity index (χ0v) is 18.6. The van der Waals surface area contributed by atoms with E-state index < -0.39 is 11.7 Å². The standard InChI is InChI=1S/C21H18ClFN8O2/c1-11(25-20(32)19-26-21(33-29-19)18-6-12(2)30(3)27-18)10-31-5-4-17(28-31)13-7-15(22)14(9-24)16(23)8-13/h4-8,11H,10H2,1-3H3,(H,25,32)/t11-/m0/s1. The molecule has 0 aliphatic heterocycles. The summed E-state index contributed by atoms with van der Waals surface area (Å²) in [6.45, 7) is 4.01. The highest BCUT2D eigenvalue weighted by Gasteiger charge is 2.20. The molecule has 1 N–H and O–H groups in total. The van der Waals surface area contributed by atoms with Gasteiger partial charge in [0.25, 0.3) is 17.6 Å². The van der Waals surface area contributed by atoms with Crippen LogP contribution in [0.2, 0.25) is 5.02 Å². The Kier molecular flexibility index (Phi) is 5.93. The molecule has 0 radical (unpaired) electrons. The van der Waals surface area contributed by atoms with Crippen molar-refractivity contribution in [3.63, 3.8) is 0 Å². The average molecular weight is 469 g/mol. The Hall–Kier alpha value is -4.04. The molecule has 4 aromatic rings. The molecule has 0 saturated heterocycles. The fraction of sp³-hybridized carbons (Fsp3) is 0.238. The van der Waals surface area contributed by atoms with Crippen LogP contribution in [0.3, 0.4) is 0 Å². The molecule has 168 valence electrons. The predicted octanol–water partition coefficient (Wildman–Crippen LogP) is 3.12. The van der Waals surface area contributed by atoms with Gasteiger partial charge in [0, 0.05) is 30.5 Å². The summed E-state index contributed by atoms with van der Waals surface area (Å²) in [6.07, 6.45) is 1.69. The number of amides is 1. The van der Waals surface area contributed by atoms with E-state index in [0.29, 0.717) is 23.5 Å². The minimum atomic E-state index is -0.712. The van der Waals surface area contributed by atoms with Gasteiger partial charge in [0.05, 0.1) is 17.3 Å². The van der Waals surface area contributed by atoms with Crippen LogP contribution in [0.1, 0.15) is 28.8 Å². The number of carbonyl (C=O) groups excluding carboxylic acids is 1. The van der Waals surface area contributed by atoms with Gasteiger partial charge in [-0.2, -0.15) is 20.4 Å². The summed E-state index contributed by atoms with van der Waals surface area (Å²) in [5, 5.41) is 24.1. The van der Waals surface area contributed by atoms with Crippen molar-refractivity contribution in [2.45, 2.75) is 26.4 Å². The van der Waals surface area contributed by atoms with Crippen LogP contribution < -0.4 is 5.32 Å². The Bertz CT molecular complexity index is 1340. The van der Waals surface area contributed by atoms with Crippen molar-refractivity contribution in [1.29, 1.82) is 5.26 Å². The van der Waals surface area contributed by atoms with Gasteiger partial charge in [0.15, 0.2) is 5.69 Å². The molecule has 0 aliphatic rings. The molecule has 0 aliphatic carbocycles. The molecule has 3 aromatic heterocycles. The quantitative estimate of drug-likeness (QED) is 0.460. The van der Waals surface area contributed by atoms with E-state index in [1.54, 1.807) is 47.7 Å². The molecule has 12 heteroatoms. The maximum Gasteiger partial charge on any atom is 0.292 e. The van der Waals surface area contributed by atoms with E-state index in [2.05, 4.69) is 25.7 Å². The minimum absolute atomic E-state index is 0.0167. The zero-order chi connectivity index (χ0) is 23.7. The van der Waals surface area contributed by atoms with E-state index in [-0.39, 0.29) is 28.3 Å². The highest BCUT2D eigenvalue weighted by Crippen LogP contribution is 2.26. The Morgan fingerprint density at radius 3 is 2.79 bits per heavy atom. The minimum Gasteiger partial charge on any atom is -0.345 e. The van der Waals surface area contributed by atoms with Gasteiger partial charge in [0.1, 0.15) is 17.4 Å². The van der Waals surface area contributed by atoms with Crippen LogP contribution in [0.25, 0.3) is 22.8 Å². The smallest absolute Gasteiger partial charge is 0.292 e. The third-order valence-corrected chi connectivity index (χ3v) is 5.19. The normalized spacial score (nSPS) is 11.9. The number of nitriles is 1. The number of benzene rings is 1. The Balaban J connectivity index is 1.41. The molecule has 0 bridgehead atoms. The fourth-order valence-corrected chi connectivity index (χ4v) is 3.39. The maximum atomic E-state index is 14.0. The monoisotopic (exact) mass is 468 g/mol. The van der Waals surface area contributed by atoms with Crippen LogP contribution in [0.15, 0.2) is 35.0 Å². The molecule has 0 fully saturated rings. The Morgan fingerprint density at radius 2 is 2.12 bits per heavy atom. The highest BCUT2D eigenvalue weighted by atomic mass is 35.5. The van der Waals surface area contributed by atoms with Gasteiger partial charge in [-0.1, -0.05) is 16.8 Å². The number of halogens is 2. The van der Waals surface area contributed by atoms with Crippen molar-refractivity contribution in [3.05, 3.63) is 58.4 Å². The molecule has 1 amide bonds. The van der Waals surface area contributed by atoms with Crippen LogP contribution >= 0.6 is 11.6 Å². The lowest BCUT2D eigenvalue weighted by molar-refractivity contribution is 0.0922. The lowest BCUT2D eigenvalue weighted by atomic mass is 10.1. The van der Waals surface area contributed by atoms with E-state index in [1.807, 2.05) is 6.92 Å². The average Bonchev–Trinajstić information content (AvgIpc) is 3.48. The van der Waals surface area contributed by atoms with Crippen LogP contribution in [0.5, 0.6) is 0 Å². The number of nitrogens with one attached hydrogen (secondary N) is 1. The van der Waals surface area contributed by atoms with Crippen LogP contribution in [-0.4, -0.2) is 41.7 Å². The molecule has 33 heavy (non-hydrogen) atoms. The first kappa shape index (κ1) is 22.2. The van der Waals surface area contributed by atoms with Crippen molar-refractivity contribution < 1.29 is 13.7 Å². The second kappa shape index (κ2) is 8.84. The molecule has 0 unspecified atom stereocenters. The summed E-state index contributed by atoms with van der Waals surface area (Å²) in [6, 6.07) is 7.55. The maximum absolute atomic E-state index is 14.0. The number of rotatable bonds is 6. The lowest BCUT2D eigenvalue weighted by Crippen LogP contribution is -2.36. The number of hydrogen-bond donors (Lipinski definition) is 1. The molecule has 4 rings (SSSR count). The van der Waals surface area contributed by atoms with Crippen molar-refractivity contribution in [2.24, 2.45) is 7.05 Å². The molecule has 0 saturated carbocycles. The SMILES string of the molecule is Cc1cc(-c2nc(C(=O)N[C@@H](C)Cn3ccc(-c4cc(F)c(C#N)c(Cl)c4)n3)no2)nn1C. The summed E-state index contributed by atoms with van der Waals surface area (Å²) in [4.78, 5) is 16.6. The van der Waals surface area contributed by atoms with Gasteiger partial charge in [-0.3, -0.25) is 14.2 Å². The topological polar surface area (TPSA) is 127 Å². The highest BCUT2D eigenvalue weighted by molar-refractivity contribution is 6.32. The van der Waals surface area contributed by atoms with E-state index in [4.69, 9.17) is 21.4 Å². The van der Waals surface area contributed by atoms with E-state index in [0.717, 1.165) is 5.69 Å². The third-order valence-electron chi connectivity index (χ3n) is 4.89. The second-order valence-electron chi connectivity index (χ2n) is 7.44. The largest absolute Gasteiger partial charge is 0.345 e. The first-order chi connectivity index (χ1) is 15.7. The van der Waals surface area contributed by atoms with Crippen LogP contribution in [0, 0.1) is 24.1 Å². The van der Waals surface area contributed by atoms with E-state index >= 15 is 0 Å². The lowest BCUT2D eigenvalue weighted by Gasteiger charge is -2.12. The number of aryl methyl sites for hydroxylation is 2. The summed E-state index contributed by atoms with van der Waals surface area (Å²) in [5.74, 6) is -1.17. The Morgan fingerprint density at radius 1 is 1.33 bits per heavy atom. The summed E-state index contributed by atoms with van der Waals surface area (Å²) >= 11 is 5.97.